The van der Waals surface area contributed by atoms with Crippen LogP contribution >= 0.6 is 0 Å². The molecule has 22 heavy (non-hydrogen) atoms. The normalized spacial score (nSPS) is 39.4. The zero-order valence-corrected chi connectivity index (χ0v) is 14.1. The molecule has 2 saturated heterocycles. The van der Waals surface area contributed by atoms with Crippen LogP contribution < -0.4 is 0 Å². The quantitative estimate of drug-likeness (QED) is 0.842. The van der Waals surface area contributed by atoms with E-state index in [1.54, 1.807) is 0 Å². The van der Waals surface area contributed by atoms with E-state index in [1.807, 2.05) is 0 Å². The number of rotatable bonds is 4. The predicted molar refractivity (Wildman–Crippen MR) is 86.0 cm³/mol. The van der Waals surface area contributed by atoms with Crippen LogP contribution in [0.1, 0.15) is 39.5 Å². The number of nitrogens with zero attached hydrogens (tertiary/aromatic N) is 2. The topological polar surface area (TPSA) is 45.2 Å². The molecule has 0 bridgehead atoms. The Morgan fingerprint density at radius 2 is 1.82 bits per heavy atom. The molecule has 5 nitrogen and oxygen atoms in total. The Hall–Kier alpha value is -0.200. The van der Waals surface area contributed by atoms with E-state index in [4.69, 9.17) is 9.47 Å². The van der Waals surface area contributed by atoms with E-state index in [0.717, 1.165) is 39.3 Å². The van der Waals surface area contributed by atoms with Crippen LogP contribution in [0.25, 0.3) is 0 Å². The first-order valence-corrected chi connectivity index (χ1v) is 9.03. The number of aliphatic hydroxyl groups excluding tert-OH is 1. The number of β-amino-alcohol motifs (C(OH)–C–C–N with tert-alkyl or cyclic N) is 1. The fraction of sp³-hybridized carbons (Fsp3) is 1.00. The average Bonchev–Trinajstić information content (AvgIpc) is 2.46. The first-order chi connectivity index (χ1) is 10.6. The van der Waals surface area contributed by atoms with Gasteiger partial charge in [-0.3, -0.25) is 9.80 Å². The second-order valence-corrected chi connectivity index (χ2v) is 7.39. The molecule has 0 amide bonds. The highest BCUT2D eigenvalue weighted by molar-refractivity contribution is 4.88. The molecule has 0 radical (unpaired) electrons. The average molecular weight is 312 g/mol. The van der Waals surface area contributed by atoms with Crippen molar-refractivity contribution in [3.8, 4) is 0 Å². The summed E-state index contributed by atoms with van der Waals surface area (Å²) in [7, 11) is 0. The first kappa shape index (κ1) is 16.7. The van der Waals surface area contributed by atoms with E-state index in [2.05, 4.69) is 23.6 Å². The number of aliphatic hydroxyl groups is 1. The largest absolute Gasteiger partial charge is 0.390 e. The SMILES string of the molecule is CC1CN(CC(O)CN2CCOC3CCCCC32)CC(C)O1. The Morgan fingerprint density at radius 1 is 1.09 bits per heavy atom. The molecule has 128 valence electrons. The van der Waals surface area contributed by atoms with Crippen LogP contribution in [-0.2, 0) is 9.47 Å². The second kappa shape index (κ2) is 7.58. The van der Waals surface area contributed by atoms with E-state index in [0.29, 0.717) is 12.1 Å². The van der Waals surface area contributed by atoms with E-state index >= 15 is 0 Å². The van der Waals surface area contributed by atoms with Gasteiger partial charge in [0.1, 0.15) is 0 Å². The minimum Gasteiger partial charge on any atom is -0.390 e. The Labute approximate surface area is 134 Å². The smallest absolute Gasteiger partial charge is 0.0793 e. The van der Waals surface area contributed by atoms with Crippen molar-refractivity contribution in [3.05, 3.63) is 0 Å². The van der Waals surface area contributed by atoms with Gasteiger partial charge in [0.05, 0.1) is 31.0 Å². The van der Waals surface area contributed by atoms with Crippen molar-refractivity contribution < 1.29 is 14.6 Å². The molecule has 0 aromatic carbocycles. The zero-order valence-electron chi connectivity index (χ0n) is 14.1. The molecular formula is C17H32N2O3. The summed E-state index contributed by atoms with van der Waals surface area (Å²) in [5.74, 6) is 0. The van der Waals surface area contributed by atoms with Crippen LogP contribution in [0.4, 0.5) is 0 Å². The van der Waals surface area contributed by atoms with E-state index in [-0.39, 0.29) is 18.3 Å². The van der Waals surface area contributed by atoms with Gasteiger partial charge in [-0.2, -0.15) is 0 Å². The highest BCUT2D eigenvalue weighted by Gasteiger charge is 2.35. The lowest BCUT2D eigenvalue weighted by Crippen LogP contribution is -2.56. The predicted octanol–water partition coefficient (Wildman–Crippen LogP) is 1.10. The molecule has 3 aliphatic rings. The number of hydrogen-bond donors (Lipinski definition) is 1. The van der Waals surface area contributed by atoms with Crippen molar-refractivity contribution in [2.75, 3.05) is 39.3 Å². The second-order valence-electron chi connectivity index (χ2n) is 7.39. The lowest BCUT2D eigenvalue weighted by Gasteiger charge is -2.45. The summed E-state index contributed by atoms with van der Waals surface area (Å²) in [6, 6.07) is 0.527. The Kier molecular flexibility index (Phi) is 5.74. The molecule has 1 aliphatic carbocycles. The molecular weight excluding hydrogens is 280 g/mol. The third-order valence-electron chi connectivity index (χ3n) is 5.26. The fourth-order valence-electron chi connectivity index (χ4n) is 4.46. The molecule has 2 aliphatic heterocycles. The van der Waals surface area contributed by atoms with Crippen molar-refractivity contribution in [1.82, 2.24) is 9.80 Å². The Morgan fingerprint density at radius 3 is 2.59 bits per heavy atom. The van der Waals surface area contributed by atoms with Gasteiger partial charge in [0.15, 0.2) is 0 Å². The highest BCUT2D eigenvalue weighted by atomic mass is 16.5. The van der Waals surface area contributed by atoms with Crippen LogP contribution in [-0.4, -0.2) is 84.7 Å². The Balaban J connectivity index is 1.49. The maximum atomic E-state index is 10.6. The third kappa shape index (κ3) is 4.20. The number of ether oxygens (including phenoxy) is 2. The first-order valence-electron chi connectivity index (χ1n) is 9.03. The lowest BCUT2D eigenvalue weighted by atomic mass is 9.90. The minimum atomic E-state index is -0.279. The van der Waals surface area contributed by atoms with Gasteiger partial charge >= 0.3 is 0 Å². The summed E-state index contributed by atoms with van der Waals surface area (Å²) in [6.07, 6.45) is 5.66. The maximum absolute atomic E-state index is 10.6. The van der Waals surface area contributed by atoms with Gasteiger partial charge < -0.3 is 14.6 Å². The molecule has 0 spiro atoms. The van der Waals surface area contributed by atoms with Crippen molar-refractivity contribution >= 4 is 0 Å². The van der Waals surface area contributed by atoms with E-state index in [9.17, 15) is 5.11 Å². The van der Waals surface area contributed by atoms with Gasteiger partial charge in [-0.25, -0.2) is 0 Å². The summed E-state index contributed by atoms with van der Waals surface area (Å²) in [4.78, 5) is 4.83. The molecule has 3 rings (SSSR count). The van der Waals surface area contributed by atoms with Gasteiger partial charge in [0.25, 0.3) is 0 Å². The van der Waals surface area contributed by atoms with Crippen LogP contribution in [0.15, 0.2) is 0 Å². The Bertz CT molecular complexity index is 343. The molecule has 0 aromatic rings. The number of hydrogen-bond acceptors (Lipinski definition) is 5. The molecule has 5 unspecified atom stereocenters. The van der Waals surface area contributed by atoms with Gasteiger partial charge in [-0.05, 0) is 26.7 Å². The number of fused-ring (bicyclic) bond motifs is 1. The molecule has 3 fully saturated rings. The van der Waals surface area contributed by atoms with Crippen LogP contribution in [0, 0.1) is 0 Å². The summed E-state index contributed by atoms with van der Waals surface area (Å²) in [5, 5.41) is 10.6. The summed E-state index contributed by atoms with van der Waals surface area (Å²) in [6.45, 7) is 9.41. The maximum Gasteiger partial charge on any atom is 0.0793 e. The van der Waals surface area contributed by atoms with Crippen LogP contribution in [0.2, 0.25) is 0 Å². The van der Waals surface area contributed by atoms with Crippen molar-refractivity contribution in [3.63, 3.8) is 0 Å². The van der Waals surface area contributed by atoms with Crippen molar-refractivity contribution in [1.29, 1.82) is 0 Å². The molecule has 5 heteroatoms. The van der Waals surface area contributed by atoms with Crippen molar-refractivity contribution in [2.24, 2.45) is 0 Å². The molecule has 1 saturated carbocycles. The summed E-state index contributed by atoms with van der Waals surface area (Å²) >= 11 is 0. The minimum absolute atomic E-state index is 0.266. The summed E-state index contributed by atoms with van der Waals surface area (Å²) in [5.41, 5.74) is 0. The van der Waals surface area contributed by atoms with Crippen molar-refractivity contribution in [2.45, 2.75) is 70.0 Å². The molecule has 0 aromatic heterocycles. The van der Waals surface area contributed by atoms with E-state index < -0.39 is 0 Å². The van der Waals surface area contributed by atoms with Crippen LogP contribution in [0.3, 0.4) is 0 Å². The number of morpholine rings is 2. The molecule has 2 heterocycles. The monoisotopic (exact) mass is 312 g/mol. The zero-order chi connectivity index (χ0) is 15.5. The summed E-state index contributed by atoms with van der Waals surface area (Å²) < 4.78 is 11.7. The van der Waals surface area contributed by atoms with Gasteiger partial charge in [0, 0.05) is 38.8 Å². The fourth-order valence-corrected chi connectivity index (χ4v) is 4.46. The lowest BCUT2D eigenvalue weighted by molar-refractivity contribution is -0.105. The van der Waals surface area contributed by atoms with E-state index in [1.165, 1.54) is 25.7 Å². The van der Waals surface area contributed by atoms with Crippen LogP contribution in [0.5, 0.6) is 0 Å². The molecule has 1 N–H and O–H groups in total. The van der Waals surface area contributed by atoms with Gasteiger partial charge in [-0.1, -0.05) is 12.8 Å². The third-order valence-corrected chi connectivity index (χ3v) is 5.26. The standard InChI is InChI=1S/C17H32N2O3/c1-13-9-18(10-14(2)22-13)11-15(20)12-19-7-8-21-17-6-4-3-5-16(17)19/h13-17,20H,3-12H2,1-2H3. The van der Waals surface area contributed by atoms with Gasteiger partial charge in [-0.15, -0.1) is 0 Å². The highest BCUT2D eigenvalue weighted by Crippen LogP contribution is 2.28. The molecule has 5 atom stereocenters. The van der Waals surface area contributed by atoms with Gasteiger partial charge in [0.2, 0.25) is 0 Å².